The van der Waals surface area contributed by atoms with Crippen LogP contribution in [0.15, 0.2) is 40.9 Å². The molecule has 2 rings (SSSR count). The molecule has 0 amide bonds. The standard InChI is InChI=1S/C13H8BrClFNO3/c14-11-3-2-10(6-12(11)16)20-7-8-5-9(15)1-4-13(8)17(18)19/h1-6H,7H2. The minimum absolute atomic E-state index is 0.0715. The summed E-state index contributed by atoms with van der Waals surface area (Å²) in [7, 11) is 0. The third-order valence-corrected chi connectivity index (χ3v) is 3.40. The second-order valence-electron chi connectivity index (χ2n) is 3.89. The number of hydrogen-bond acceptors (Lipinski definition) is 3. The second kappa shape index (κ2) is 6.19. The maximum atomic E-state index is 13.3. The van der Waals surface area contributed by atoms with E-state index in [1.165, 1.54) is 30.3 Å². The molecule has 0 aromatic heterocycles. The Hall–Kier alpha value is -1.66. The number of halogens is 3. The first-order valence-corrected chi connectivity index (χ1v) is 6.65. The Morgan fingerprint density at radius 2 is 2.05 bits per heavy atom. The van der Waals surface area contributed by atoms with Gasteiger partial charge < -0.3 is 4.74 Å². The van der Waals surface area contributed by atoms with Crippen molar-refractivity contribution in [3.63, 3.8) is 0 Å². The van der Waals surface area contributed by atoms with Gasteiger partial charge in [0.1, 0.15) is 18.2 Å². The molecule has 20 heavy (non-hydrogen) atoms. The first-order valence-electron chi connectivity index (χ1n) is 5.48. The van der Waals surface area contributed by atoms with Gasteiger partial charge in [-0.2, -0.15) is 0 Å². The lowest BCUT2D eigenvalue weighted by molar-refractivity contribution is -0.385. The molecule has 0 saturated carbocycles. The summed E-state index contributed by atoms with van der Waals surface area (Å²) in [6.45, 7) is -0.0715. The van der Waals surface area contributed by atoms with E-state index in [1.807, 2.05) is 0 Å². The predicted molar refractivity (Wildman–Crippen MR) is 76.5 cm³/mol. The topological polar surface area (TPSA) is 52.4 Å². The van der Waals surface area contributed by atoms with Gasteiger partial charge in [0.05, 0.1) is 15.0 Å². The fraction of sp³-hybridized carbons (Fsp3) is 0.0769. The third-order valence-electron chi connectivity index (χ3n) is 2.52. The van der Waals surface area contributed by atoms with Gasteiger partial charge in [0.15, 0.2) is 0 Å². The molecule has 0 aliphatic rings. The summed E-state index contributed by atoms with van der Waals surface area (Å²) in [6.07, 6.45) is 0. The molecule has 2 aromatic carbocycles. The van der Waals surface area contributed by atoms with Crippen molar-refractivity contribution < 1.29 is 14.1 Å². The Labute approximate surface area is 127 Å². The molecular formula is C13H8BrClFNO3. The number of hydrogen-bond donors (Lipinski definition) is 0. The summed E-state index contributed by atoms with van der Waals surface area (Å²) in [5.74, 6) is -0.192. The van der Waals surface area contributed by atoms with E-state index < -0.39 is 10.7 Å². The van der Waals surface area contributed by atoms with Crippen LogP contribution in [-0.2, 0) is 6.61 Å². The van der Waals surface area contributed by atoms with Crippen molar-refractivity contribution in [2.24, 2.45) is 0 Å². The van der Waals surface area contributed by atoms with Crippen LogP contribution in [-0.4, -0.2) is 4.92 Å². The van der Waals surface area contributed by atoms with Crippen LogP contribution in [0.2, 0.25) is 5.02 Å². The van der Waals surface area contributed by atoms with Gasteiger partial charge in [-0.3, -0.25) is 10.1 Å². The zero-order valence-electron chi connectivity index (χ0n) is 9.98. The molecule has 0 bridgehead atoms. The zero-order chi connectivity index (χ0) is 14.7. The first-order chi connectivity index (χ1) is 9.47. The van der Waals surface area contributed by atoms with E-state index >= 15 is 0 Å². The summed E-state index contributed by atoms with van der Waals surface area (Å²) in [6, 6.07) is 8.45. The van der Waals surface area contributed by atoms with Crippen molar-refractivity contribution in [3.05, 3.63) is 67.4 Å². The molecule has 0 spiro atoms. The van der Waals surface area contributed by atoms with Gasteiger partial charge in [-0.05, 0) is 40.2 Å². The Kier molecular flexibility index (Phi) is 4.57. The number of benzene rings is 2. The quantitative estimate of drug-likeness (QED) is 0.585. The first kappa shape index (κ1) is 14.7. The summed E-state index contributed by atoms with van der Waals surface area (Å²) in [4.78, 5) is 10.4. The van der Waals surface area contributed by atoms with E-state index in [9.17, 15) is 14.5 Å². The highest BCUT2D eigenvalue weighted by molar-refractivity contribution is 9.10. The number of nitrogens with zero attached hydrogens (tertiary/aromatic N) is 1. The lowest BCUT2D eigenvalue weighted by Gasteiger charge is -2.08. The van der Waals surface area contributed by atoms with Crippen molar-refractivity contribution >= 4 is 33.2 Å². The third kappa shape index (κ3) is 3.46. The minimum Gasteiger partial charge on any atom is -0.489 e. The fourth-order valence-corrected chi connectivity index (χ4v) is 2.02. The molecule has 2 aromatic rings. The Bertz CT molecular complexity index is 666. The monoisotopic (exact) mass is 359 g/mol. The highest BCUT2D eigenvalue weighted by Gasteiger charge is 2.14. The number of rotatable bonds is 4. The molecular weight excluding hydrogens is 353 g/mol. The van der Waals surface area contributed by atoms with Crippen molar-refractivity contribution in [1.29, 1.82) is 0 Å². The summed E-state index contributed by atoms with van der Waals surface area (Å²) in [5, 5.41) is 11.3. The van der Waals surface area contributed by atoms with Gasteiger partial charge in [-0.25, -0.2) is 4.39 Å². The molecule has 4 nitrogen and oxygen atoms in total. The molecule has 0 aliphatic heterocycles. The Morgan fingerprint density at radius 3 is 2.70 bits per heavy atom. The Balaban J connectivity index is 2.20. The molecule has 0 heterocycles. The molecule has 0 aliphatic carbocycles. The molecule has 0 fully saturated rings. The van der Waals surface area contributed by atoms with Crippen LogP contribution in [0.25, 0.3) is 0 Å². The van der Waals surface area contributed by atoms with Crippen LogP contribution in [0.5, 0.6) is 5.75 Å². The molecule has 0 saturated heterocycles. The molecule has 104 valence electrons. The normalized spacial score (nSPS) is 10.3. The summed E-state index contributed by atoms with van der Waals surface area (Å²) < 4.78 is 19.0. The van der Waals surface area contributed by atoms with Crippen molar-refractivity contribution in [2.75, 3.05) is 0 Å². The SMILES string of the molecule is O=[N+]([O-])c1ccc(Cl)cc1COc1ccc(Br)c(F)c1. The van der Waals surface area contributed by atoms with Crippen LogP contribution >= 0.6 is 27.5 Å². The fourth-order valence-electron chi connectivity index (χ4n) is 1.58. The van der Waals surface area contributed by atoms with Crippen LogP contribution in [0.1, 0.15) is 5.56 Å². The lowest BCUT2D eigenvalue weighted by atomic mass is 10.2. The van der Waals surface area contributed by atoms with Crippen LogP contribution in [0, 0.1) is 15.9 Å². The van der Waals surface area contributed by atoms with Gasteiger partial charge in [0.25, 0.3) is 5.69 Å². The zero-order valence-corrected chi connectivity index (χ0v) is 12.3. The lowest BCUT2D eigenvalue weighted by Crippen LogP contribution is -2.01. The van der Waals surface area contributed by atoms with E-state index in [0.29, 0.717) is 15.1 Å². The number of ether oxygens (including phenoxy) is 1. The summed E-state index contributed by atoms with van der Waals surface area (Å²) in [5.41, 5.74) is 0.234. The Morgan fingerprint density at radius 1 is 1.30 bits per heavy atom. The average molecular weight is 361 g/mol. The largest absolute Gasteiger partial charge is 0.489 e. The van der Waals surface area contributed by atoms with Gasteiger partial charge in [-0.15, -0.1) is 0 Å². The summed E-state index contributed by atoms with van der Waals surface area (Å²) >= 11 is 8.83. The van der Waals surface area contributed by atoms with E-state index in [4.69, 9.17) is 16.3 Å². The van der Waals surface area contributed by atoms with E-state index in [-0.39, 0.29) is 18.0 Å². The minimum atomic E-state index is -0.517. The van der Waals surface area contributed by atoms with Gasteiger partial charge in [0, 0.05) is 17.2 Å². The van der Waals surface area contributed by atoms with Gasteiger partial charge in [-0.1, -0.05) is 11.6 Å². The van der Waals surface area contributed by atoms with E-state index in [2.05, 4.69) is 15.9 Å². The highest BCUT2D eigenvalue weighted by atomic mass is 79.9. The molecule has 7 heteroatoms. The highest BCUT2D eigenvalue weighted by Crippen LogP contribution is 2.26. The number of nitro benzene ring substituents is 1. The number of nitro groups is 1. The van der Waals surface area contributed by atoms with Crippen LogP contribution in [0.4, 0.5) is 10.1 Å². The second-order valence-corrected chi connectivity index (χ2v) is 5.19. The maximum absolute atomic E-state index is 13.3. The van der Waals surface area contributed by atoms with Crippen LogP contribution in [0.3, 0.4) is 0 Å². The molecule has 0 unspecified atom stereocenters. The van der Waals surface area contributed by atoms with Crippen molar-refractivity contribution in [1.82, 2.24) is 0 Å². The average Bonchev–Trinajstić information content (AvgIpc) is 2.40. The maximum Gasteiger partial charge on any atom is 0.276 e. The molecule has 0 radical (unpaired) electrons. The van der Waals surface area contributed by atoms with Crippen molar-refractivity contribution in [3.8, 4) is 5.75 Å². The van der Waals surface area contributed by atoms with Crippen LogP contribution < -0.4 is 4.74 Å². The van der Waals surface area contributed by atoms with Crippen molar-refractivity contribution in [2.45, 2.75) is 6.61 Å². The van der Waals surface area contributed by atoms with E-state index in [0.717, 1.165) is 0 Å². The molecule has 0 N–H and O–H groups in total. The molecule has 0 atom stereocenters. The smallest absolute Gasteiger partial charge is 0.276 e. The predicted octanol–water partition coefficient (Wildman–Crippen LogP) is 4.73. The van der Waals surface area contributed by atoms with Gasteiger partial charge in [0.2, 0.25) is 0 Å². The van der Waals surface area contributed by atoms with Gasteiger partial charge >= 0.3 is 0 Å². The van der Waals surface area contributed by atoms with E-state index in [1.54, 1.807) is 6.07 Å².